The van der Waals surface area contributed by atoms with Gasteiger partial charge in [-0.05, 0) is 25.0 Å². The van der Waals surface area contributed by atoms with Crippen LogP contribution in [0.1, 0.15) is 19.8 Å². The maximum Gasteiger partial charge on any atom is 0.0298 e. The zero-order valence-corrected chi connectivity index (χ0v) is 7.11. The Kier molecular flexibility index (Phi) is 1.96. The number of likely N-dealkylation sites (N-methyl/N-ethyl adjacent to an activating group) is 1. The van der Waals surface area contributed by atoms with Gasteiger partial charge in [0, 0.05) is 19.1 Å². The Labute approximate surface area is 68.1 Å². The van der Waals surface area contributed by atoms with Gasteiger partial charge in [0.2, 0.25) is 0 Å². The van der Waals surface area contributed by atoms with Crippen LogP contribution in [0.2, 0.25) is 0 Å². The quantitative estimate of drug-likeness (QED) is 0.568. The van der Waals surface area contributed by atoms with Crippen molar-refractivity contribution in [1.82, 2.24) is 10.6 Å². The summed E-state index contributed by atoms with van der Waals surface area (Å²) in [6.07, 6.45) is 2.65. The molecule has 0 saturated carbocycles. The monoisotopic (exact) mass is 152 g/mol. The summed E-state index contributed by atoms with van der Waals surface area (Å²) in [5, 5.41) is 6.92. The van der Waals surface area contributed by atoms with E-state index >= 15 is 0 Å². The van der Waals surface area contributed by atoms with Crippen molar-refractivity contribution < 1.29 is 0 Å². The van der Waals surface area contributed by atoms with Crippen LogP contribution in [0, 0.1) is 0 Å². The van der Waals surface area contributed by atoms with Crippen molar-refractivity contribution in [2.75, 3.05) is 19.6 Å². The summed E-state index contributed by atoms with van der Waals surface area (Å²) in [6.45, 7) is 5.56. The summed E-state index contributed by atoms with van der Waals surface area (Å²) >= 11 is 0. The average molecular weight is 152 g/mol. The molecule has 0 bridgehead atoms. The van der Waals surface area contributed by atoms with Crippen LogP contribution in [0.5, 0.6) is 0 Å². The fraction of sp³-hybridized carbons (Fsp3) is 0.778. The van der Waals surface area contributed by atoms with Crippen LogP contribution in [-0.4, -0.2) is 25.7 Å². The standard InChI is InChI=1S/C9H16N2/c1-2-11-9-4-3-7-5-10-6-8(7)9/h9-11H,2-6H2,1H3. The molecule has 0 aromatic carbocycles. The van der Waals surface area contributed by atoms with Crippen LogP contribution in [0.4, 0.5) is 0 Å². The molecule has 2 N–H and O–H groups in total. The third-order valence-electron chi connectivity index (χ3n) is 2.71. The molecule has 2 rings (SSSR count). The summed E-state index contributed by atoms with van der Waals surface area (Å²) in [4.78, 5) is 0. The second-order valence-corrected chi connectivity index (χ2v) is 3.38. The van der Waals surface area contributed by atoms with Crippen LogP contribution < -0.4 is 10.6 Å². The van der Waals surface area contributed by atoms with Crippen molar-refractivity contribution in [1.29, 1.82) is 0 Å². The SMILES string of the molecule is CCNC1CCC2=C1CNC2. The van der Waals surface area contributed by atoms with E-state index in [1.165, 1.54) is 12.8 Å². The molecule has 11 heavy (non-hydrogen) atoms. The number of hydrogen-bond donors (Lipinski definition) is 2. The van der Waals surface area contributed by atoms with Crippen molar-refractivity contribution >= 4 is 0 Å². The lowest BCUT2D eigenvalue weighted by atomic mass is 10.1. The van der Waals surface area contributed by atoms with E-state index < -0.39 is 0 Å². The van der Waals surface area contributed by atoms with Crippen LogP contribution >= 0.6 is 0 Å². The van der Waals surface area contributed by atoms with E-state index in [1.54, 1.807) is 11.1 Å². The molecular formula is C9H16N2. The fourth-order valence-corrected chi connectivity index (χ4v) is 2.17. The molecule has 0 aromatic rings. The number of rotatable bonds is 2. The summed E-state index contributed by atoms with van der Waals surface area (Å²) < 4.78 is 0. The van der Waals surface area contributed by atoms with Gasteiger partial charge >= 0.3 is 0 Å². The molecule has 0 spiro atoms. The van der Waals surface area contributed by atoms with Gasteiger partial charge < -0.3 is 10.6 Å². The first kappa shape index (κ1) is 7.32. The molecule has 2 nitrogen and oxygen atoms in total. The van der Waals surface area contributed by atoms with Crippen LogP contribution in [-0.2, 0) is 0 Å². The van der Waals surface area contributed by atoms with Gasteiger partial charge in [0.15, 0.2) is 0 Å². The highest BCUT2D eigenvalue weighted by molar-refractivity contribution is 5.32. The first-order valence-electron chi connectivity index (χ1n) is 4.56. The van der Waals surface area contributed by atoms with Gasteiger partial charge in [-0.15, -0.1) is 0 Å². The Morgan fingerprint density at radius 2 is 2.45 bits per heavy atom. The predicted octanol–water partition coefficient (Wildman–Crippen LogP) is 0.658. The largest absolute Gasteiger partial charge is 0.310 e. The van der Waals surface area contributed by atoms with Gasteiger partial charge in [-0.1, -0.05) is 12.5 Å². The molecule has 0 aromatic heterocycles. The first-order chi connectivity index (χ1) is 5.42. The summed E-state index contributed by atoms with van der Waals surface area (Å²) in [5.41, 5.74) is 3.34. The van der Waals surface area contributed by atoms with Crippen molar-refractivity contribution in [3.63, 3.8) is 0 Å². The van der Waals surface area contributed by atoms with Crippen LogP contribution in [0.15, 0.2) is 11.1 Å². The molecule has 1 aliphatic heterocycles. The Morgan fingerprint density at radius 3 is 3.27 bits per heavy atom. The van der Waals surface area contributed by atoms with Crippen LogP contribution in [0.25, 0.3) is 0 Å². The molecule has 62 valence electrons. The van der Waals surface area contributed by atoms with Crippen molar-refractivity contribution in [2.45, 2.75) is 25.8 Å². The second kappa shape index (κ2) is 2.95. The molecule has 1 atom stereocenters. The molecule has 0 amide bonds. The highest BCUT2D eigenvalue weighted by atomic mass is 15.0. The topological polar surface area (TPSA) is 24.1 Å². The third kappa shape index (κ3) is 1.21. The molecular weight excluding hydrogens is 136 g/mol. The van der Waals surface area contributed by atoms with Gasteiger partial charge in [0.25, 0.3) is 0 Å². The summed E-state index contributed by atoms with van der Waals surface area (Å²) in [6, 6.07) is 0.699. The highest BCUT2D eigenvalue weighted by Gasteiger charge is 2.27. The zero-order chi connectivity index (χ0) is 7.68. The Morgan fingerprint density at radius 1 is 1.55 bits per heavy atom. The van der Waals surface area contributed by atoms with E-state index in [9.17, 15) is 0 Å². The lowest BCUT2D eigenvalue weighted by Gasteiger charge is -2.13. The summed E-state index contributed by atoms with van der Waals surface area (Å²) in [5.74, 6) is 0. The maximum atomic E-state index is 3.52. The normalized spacial score (nSPS) is 29.7. The molecule has 1 unspecified atom stereocenters. The van der Waals surface area contributed by atoms with Gasteiger partial charge in [0.1, 0.15) is 0 Å². The van der Waals surface area contributed by atoms with E-state index in [-0.39, 0.29) is 0 Å². The minimum atomic E-state index is 0.699. The predicted molar refractivity (Wildman–Crippen MR) is 46.6 cm³/mol. The van der Waals surface area contributed by atoms with E-state index in [0.29, 0.717) is 6.04 Å². The molecule has 1 heterocycles. The zero-order valence-electron chi connectivity index (χ0n) is 7.11. The Hall–Kier alpha value is -0.340. The van der Waals surface area contributed by atoms with Crippen molar-refractivity contribution in [3.8, 4) is 0 Å². The second-order valence-electron chi connectivity index (χ2n) is 3.38. The number of nitrogens with one attached hydrogen (secondary N) is 2. The minimum absolute atomic E-state index is 0.699. The Balaban J connectivity index is 2.03. The van der Waals surface area contributed by atoms with Gasteiger partial charge in [-0.25, -0.2) is 0 Å². The molecule has 0 radical (unpaired) electrons. The molecule has 2 heteroatoms. The molecule has 0 saturated heterocycles. The van der Waals surface area contributed by atoms with E-state index in [1.807, 2.05) is 0 Å². The van der Waals surface area contributed by atoms with E-state index in [4.69, 9.17) is 0 Å². The van der Waals surface area contributed by atoms with Gasteiger partial charge in [0.05, 0.1) is 0 Å². The lowest BCUT2D eigenvalue weighted by Crippen LogP contribution is -2.30. The average Bonchev–Trinajstić information content (AvgIpc) is 2.53. The number of hydrogen-bond acceptors (Lipinski definition) is 2. The lowest BCUT2D eigenvalue weighted by molar-refractivity contribution is 0.564. The first-order valence-corrected chi connectivity index (χ1v) is 4.56. The molecule has 0 fully saturated rings. The smallest absolute Gasteiger partial charge is 0.0298 e. The van der Waals surface area contributed by atoms with Crippen molar-refractivity contribution in [2.24, 2.45) is 0 Å². The molecule has 1 aliphatic carbocycles. The summed E-state index contributed by atoms with van der Waals surface area (Å²) in [7, 11) is 0. The van der Waals surface area contributed by atoms with E-state index in [0.717, 1.165) is 19.6 Å². The highest BCUT2D eigenvalue weighted by Crippen LogP contribution is 2.28. The van der Waals surface area contributed by atoms with Gasteiger partial charge in [-0.2, -0.15) is 0 Å². The van der Waals surface area contributed by atoms with E-state index in [2.05, 4.69) is 17.6 Å². The maximum absolute atomic E-state index is 3.52. The third-order valence-corrected chi connectivity index (χ3v) is 2.71. The molecule has 2 aliphatic rings. The fourth-order valence-electron chi connectivity index (χ4n) is 2.17. The van der Waals surface area contributed by atoms with Crippen LogP contribution in [0.3, 0.4) is 0 Å². The van der Waals surface area contributed by atoms with Gasteiger partial charge in [-0.3, -0.25) is 0 Å². The van der Waals surface area contributed by atoms with Crippen molar-refractivity contribution in [3.05, 3.63) is 11.1 Å². The minimum Gasteiger partial charge on any atom is -0.310 e. The Bertz CT molecular complexity index is 184.